The third kappa shape index (κ3) is 3.29. The van der Waals surface area contributed by atoms with E-state index in [9.17, 15) is 9.59 Å². The third-order valence-corrected chi connectivity index (χ3v) is 3.66. The van der Waals surface area contributed by atoms with Crippen molar-refractivity contribution >= 4 is 11.9 Å². The fraction of sp³-hybridized carbons (Fsp3) is 0.235. The van der Waals surface area contributed by atoms with Crippen molar-refractivity contribution in [2.75, 3.05) is 13.2 Å². The number of fused-ring (bicyclic) bond motifs is 1. The Morgan fingerprint density at radius 3 is 2.58 bits per heavy atom. The summed E-state index contributed by atoms with van der Waals surface area (Å²) in [5, 5.41) is 11.7. The van der Waals surface area contributed by atoms with Gasteiger partial charge in [-0.3, -0.25) is 4.79 Å². The Morgan fingerprint density at radius 1 is 1.17 bits per heavy atom. The van der Waals surface area contributed by atoms with Crippen LogP contribution in [0.25, 0.3) is 0 Å². The Hall–Kier alpha value is -3.09. The summed E-state index contributed by atoms with van der Waals surface area (Å²) < 4.78 is 11.0. The molecule has 2 N–H and O–H groups in total. The molecule has 1 amide bonds. The van der Waals surface area contributed by atoms with E-state index >= 15 is 0 Å². The van der Waals surface area contributed by atoms with E-state index < -0.39 is 5.97 Å². The first-order valence-corrected chi connectivity index (χ1v) is 7.44. The number of carboxylic acid groups (broad SMARTS) is 1. The van der Waals surface area contributed by atoms with Gasteiger partial charge in [-0.2, -0.15) is 0 Å². The minimum absolute atomic E-state index is 0.105. The molecule has 1 atom stereocenters. The molecule has 7 heteroatoms. The van der Waals surface area contributed by atoms with Crippen LogP contribution in [0.2, 0.25) is 0 Å². The number of hydrogen-bond donors (Lipinski definition) is 2. The number of aromatic carboxylic acids is 1. The highest BCUT2D eigenvalue weighted by atomic mass is 16.6. The van der Waals surface area contributed by atoms with E-state index in [1.54, 1.807) is 0 Å². The second-order valence-corrected chi connectivity index (χ2v) is 5.34. The van der Waals surface area contributed by atoms with Crippen molar-refractivity contribution in [1.29, 1.82) is 0 Å². The molecule has 0 saturated carbocycles. The van der Waals surface area contributed by atoms with E-state index in [1.807, 2.05) is 25.1 Å². The molecule has 2 aromatic rings. The lowest BCUT2D eigenvalue weighted by Gasteiger charge is -2.21. The summed E-state index contributed by atoms with van der Waals surface area (Å²) in [6.07, 6.45) is 1.25. The number of aromatic nitrogens is 1. The fourth-order valence-corrected chi connectivity index (χ4v) is 2.35. The number of carbonyl (C=O) groups is 2. The highest BCUT2D eigenvalue weighted by Crippen LogP contribution is 2.32. The van der Waals surface area contributed by atoms with Crippen molar-refractivity contribution in [1.82, 2.24) is 10.3 Å². The third-order valence-electron chi connectivity index (χ3n) is 3.66. The number of ether oxygens (including phenoxy) is 2. The molecule has 1 aliphatic rings. The number of nitrogens with one attached hydrogen (secondary N) is 1. The molecule has 1 aromatic heterocycles. The molecule has 1 aromatic carbocycles. The zero-order valence-corrected chi connectivity index (χ0v) is 13.0. The SMILES string of the molecule is C[C@H](NC(=O)c1ccc(C(=O)O)nc1)c1ccc2c(c1)OCCO2. The van der Waals surface area contributed by atoms with E-state index in [0.29, 0.717) is 30.3 Å². The van der Waals surface area contributed by atoms with Crippen molar-refractivity contribution in [3.8, 4) is 11.5 Å². The quantitative estimate of drug-likeness (QED) is 0.891. The number of carboxylic acids is 1. The standard InChI is InChI=1S/C17H16N2O5/c1-10(11-3-5-14-15(8-11)24-7-6-23-14)19-16(20)12-2-4-13(17(21)22)18-9-12/h2-5,8-10H,6-7H2,1H3,(H,19,20)(H,21,22)/t10-/m0/s1. The molecular formula is C17H16N2O5. The molecule has 1 aliphatic heterocycles. The summed E-state index contributed by atoms with van der Waals surface area (Å²) in [6.45, 7) is 2.87. The molecule has 24 heavy (non-hydrogen) atoms. The van der Waals surface area contributed by atoms with Crippen molar-refractivity contribution < 1.29 is 24.2 Å². The van der Waals surface area contributed by atoms with Crippen LogP contribution in [0.4, 0.5) is 0 Å². The summed E-state index contributed by atoms with van der Waals surface area (Å²) in [7, 11) is 0. The first-order valence-electron chi connectivity index (χ1n) is 7.44. The molecule has 3 rings (SSSR count). The van der Waals surface area contributed by atoms with Crippen LogP contribution in [0, 0.1) is 0 Å². The molecular weight excluding hydrogens is 312 g/mol. The highest BCUT2D eigenvalue weighted by molar-refractivity contribution is 5.95. The van der Waals surface area contributed by atoms with Crippen LogP contribution in [0.15, 0.2) is 36.5 Å². The summed E-state index contributed by atoms with van der Waals surface area (Å²) in [4.78, 5) is 26.8. The van der Waals surface area contributed by atoms with Crippen LogP contribution in [-0.2, 0) is 0 Å². The zero-order chi connectivity index (χ0) is 17.1. The molecule has 2 heterocycles. The van der Waals surface area contributed by atoms with Crippen LogP contribution in [-0.4, -0.2) is 35.2 Å². The van der Waals surface area contributed by atoms with Gasteiger partial charge in [0.2, 0.25) is 0 Å². The Morgan fingerprint density at radius 2 is 1.92 bits per heavy atom. The van der Waals surface area contributed by atoms with Crippen molar-refractivity contribution in [3.63, 3.8) is 0 Å². The minimum Gasteiger partial charge on any atom is -0.486 e. The average Bonchev–Trinajstić information content (AvgIpc) is 2.61. The van der Waals surface area contributed by atoms with Gasteiger partial charge in [-0.1, -0.05) is 6.07 Å². The predicted molar refractivity (Wildman–Crippen MR) is 84.5 cm³/mol. The highest BCUT2D eigenvalue weighted by Gasteiger charge is 2.17. The maximum absolute atomic E-state index is 12.2. The van der Waals surface area contributed by atoms with Crippen LogP contribution in [0.3, 0.4) is 0 Å². The number of benzene rings is 1. The first-order chi connectivity index (χ1) is 11.5. The number of hydrogen-bond acceptors (Lipinski definition) is 5. The lowest BCUT2D eigenvalue weighted by atomic mass is 10.1. The molecule has 0 spiro atoms. The number of rotatable bonds is 4. The number of nitrogens with zero attached hydrogens (tertiary/aromatic N) is 1. The lowest BCUT2D eigenvalue weighted by Crippen LogP contribution is -2.27. The largest absolute Gasteiger partial charge is 0.486 e. The molecule has 0 bridgehead atoms. The van der Waals surface area contributed by atoms with Crippen molar-refractivity contribution in [2.24, 2.45) is 0 Å². The number of pyridine rings is 1. The van der Waals surface area contributed by atoms with Gasteiger partial charge in [0.05, 0.1) is 11.6 Å². The summed E-state index contributed by atoms with van der Waals surface area (Å²) in [5.74, 6) is -0.113. The lowest BCUT2D eigenvalue weighted by molar-refractivity contribution is 0.0689. The maximum atomic E-state index is 12.2. The molecule has 124 valence electrons. The smallest absolute Gasteiger partial charge is 0.354 e. The topological polar surface area (TPSA) is 97.8 Å². The Balaban J connectivity index is 1.70. The number of amides is 1. The van der Waals surface area contributed by atoms with E-state index in [0.717, 1.165) is 5.56 Å². The van der Waals surface area contributed by atoms with Gasteiger partial charge in [0, 0.05) is 6.20 Å². The van der Waals surface area contributed by atoms with Crippen LogP contribution >= 0.6 is 0 Å². The van der Waals surface area contributed by atoms with Gasteiger partial charge in [-0.15, -0.1) is 0 Å². The first kappa shape index (κ1) is 15.8. The van der Waals surface area contributed by atoms with Crippen LogP contribution < -0.4 is 14.8 Å². The van der Waals surface area contributed by atoms with E-state index in [2.05, 4.69) is 10.3 Å². The normalized spacial score (nSPS) is 13.9. The van der Waals surface area contributed by atoms with Gasteiger partial charge in [-0.05, 0) is 36.8 Å². The van der Waals surface area contributed by atoms with Crippen LogP contribution in [0.1, 0.15) is 39.4 Å². The van der Waals surface area contributed by atoms with Gasteiger partial charge in [-0.25, -0.2) is 9.78 Å². The van der Waals surface area contributed by atoms with Crippen molar-refractivity contribution in [2.45, 2.75) is 13.0 Å². The fourth-order valence-electron chi connectivity index (χ4n) is 2.35. The van der Waals surface area contributed by atoms with E-state index in [1.165, 1.54) is 18.3 Å². The summed E-state index contributed by atoms with van der Waals surface area (Å²) in [6, 6.07) is 7.99. The summed E-state index contributed by atoms with van der Waals surface area (Å²) >= 11 is 0. The second kappa shape index (κ2) is 6.57. The van der Waals surface area contributed by atoms with Gasteiger partial charge < -0.3 is 19.9 Å². The zero-order valence-electron chi connectivity index (χ0n) is 13.0. The predicted octanol–water partition coefficient (Wildman–Crippen LogP) is 2.04. The molecule has 7 nitrogen and oxygen atoms in total. The minimum atomic E-state index is -1.13. The number of carbonyl (C=O) groups excluding carboxylic acids is 1. The van der Waals surface area contributed by atoms with Gasteiger partial charge in [0.25, 0.3) is 5.91 Å². The van der Waals surface area contributed by atoms with Crippen molar-refractivity contribution in [3.05, 3.63) is 53.3 Å². The van der Waals surface area contributed by atoms with E-state index in [4.69, 9.17) is 14.6 Å². The maximum Gasteiger partial charge on any atom is 0.354 e. The molecule has 0 radical (unpaired) electrons. The molecule has 0 fully saturated rings. The average molecular weight is 328 g/mol. The molecule has 0 aliphatic carbocycles. The van der Waals surface area contributed by atoms with Crippen LogP contribution in [0.5, 0.6) is 11.5 Å². The Bertz CT molecular complexity index is 773. The molecule has 0 unspecified atom stereocenters. The van der Waals surface area contributed by atoms with E-state index in [-0.39, 0.29) is 17.6 Å². The monoisotopic (exact) mass is 328 g/mol. The second-order valence-electron chi connectivity index (χ2n) is 5.34. The van der Waals surface area contributed by atoms with Gasteiger partial charge in [0.15, 0.2) is 11.5 Å². The molecule has 0 saturated heterocycles. The Kier molecular flexibility index (Phi) is 4.33. The van der Waals surface area contributed by atoms with Gasteiger partial charge in [0.1, 0.15) is 18.9 Å². The Labute approximate surface area is 138 Å². The van der Waals surface area contributed by atoms with Gasteiger partial charge >= 0.3 is 5.97 Å². The summed E-state index contributed by atoms with van der Waals surface area (Å²) in [5.41, 5.74) is 1.07.